The third-order valence-electron chi connectivity index (χ3n) is 5.65. The number of nitrogens with two attached hydrogens (primary N) is 1. The maximum atomic E-state index is 14.5. The predicted molar refractivity (Wildman–Crippen MR) is 112 cm³/mol. The van der Waals surface area contributed by atoms with Crippen molar-refractivity contribution in [1.82, 2.24) is 15.0 Å². The van der Waals surface area contributed by atoms with Crippen LogP contribution in [-0.2, 0) is 6.42 Å². The third-order valence-corrected chi connectivity index (χ3v) is 5.65. The Morgan fingerprint density at radius 3 is 2.72 bits per heavy atom. The maximum Gasteiger partial charge on any atom is 0.249 e. The highest BCUT2D eigenvalue weighted by Gasteiger charge is 2.31. The molecular weight excluding hydrogens is 369 g/mol. The monoisotopic (exact) mass is 401 g/mol. The average molecular weight is 402 g/mol. The molecule has 3 rings (SSSR count). The summed E-state index contributed by atoms with van der Waals surface area (Å²) in [4.78, 5) is 6.19. The molecule has 1 aliphatic heterocycles. The van der Waals surface area contributed by atoms with Crippen LogP contribution in [0.5, 0.6) is 0 Å². The molecule has 158 valence electrons. The van der Waals surface area contributed by atoms with Crippen molar-refractivity contribution in [3.63, 3.8) is 0 Å². The van der Waals surface area contributed by atoms with Crippen LogP contribution in [0.1, 0.15) is 82.2 Å². The second-order valence-corrected chi connectivity index (χ2v) is 7.87. The minimum atomic E-state index is -0.217. The molecule has 6 nitrogen and oxygen atoms in total. The van der Waals surface area contributed by atoms with Gasteiger partial charge in [-0.25, -0.2) is 4.39 Å². The summed E-state index contributed by atoms with van der Waals surface area (Å²) >= 11 is 0. The minimum Gasteiger partial charge on any atom is -0.370 e. The highest BCUT2D eigenvalue weighted by molar-refractivity contribution is 5.75. The molecule has 0 saturated carbocycles. The molecule has 1 aromatic carbocycles. The van der Waals surface area contributed by atoms with Gasteiger partial charge < -0.3 is 15.2 Å². The molecule has 0 radical (unpaired) electrons. The van der Waals surface area contributed by atoms with E-state index in [9.17, 15) is 4.39 Å². The van der Waals surface area contributed by atoms with E-state index >= 15 is 0 Å². The van der Waals surface area contributed by atoms with Gasteiger partial charge in [0, 0.05) is 12.1 Å². The zero-order valence-corrected chi connectivity index (χ0v) is 17.3. The second-order valence-electron chi connectivity index (χ2n) is 7.87. The molecule has 1 fully saturated rings. The molecule has 1 aromatic heterocycles. The van der Waals surface area contributed by atoms with Crippen LogP contribution in [-0.4, -0.2) is 27.5 Å². The number of aromatic nitrogens is 2. The van der Waals surface area contributed by atoms with Gasteiger partial charge in [-0.3, -0.25) is 5.41 Å². The van der Waals surface area contributed by atoms with Gasteiger partial charge >= 0.3 is 0 Å². The quantitative estimate of drug-likeness (QED) is 0.324. The average Bonchev–Trinajstić information content (AvgIpc) is 3.37. The van der Waals surface area contributed by atoms with Crippen LogP contribution in [0, 0.1) is 11.2 Å². The Bertz CT molecular complexity index is 806. The Balaban J connectivity index is 1.56. The van der Waals surface area contributed by atoms with Crippen LogP contribution in [0.2, 0.25) is 0 Å². The summed E-state index contributed by atoms with van der Waals surface area (Å²) in [5, 5.41) is 11.7. The first-order valence-corrected chi connectivity index (χ1v) is 10.8. The fourth-order valence-electron chi connectivity index (χ4n) is 3.96. The summed E-state index contributed by atoms with van der Waals surface area (Å²) < 4.78 is 19.9. The summed E-state index contributed by atoms with van der Waals surface area (Å²) in [6, 6.07) is 5.00. The second kappa shape index (κ2) is 10.4. The number of hydrogen-bond donors (Lipinski definition) is 2. The van der Waals surface area contributed by atoms with Crippen LogP contribution in [0.4, 0.5) is 4.39 Å². The van der Waals surface area contributed by atoms with Crippen molar-refractivity contribution < 1.29 is 8.91 Å². The summed E-state index contributed by atoms with van der Waals surface area (Å²) in [6.07, 6.45) is 11.0. The summed E-state index contributed by atoms with van der Waals surface area (Å²) in [7, 11) is 0. The molecule has 0 aliphatic carbocycles. The van der Waals surface area contributed by atoms with E-state index in [1.54, 1.807) is 4.90 Å². The number of nitrogens with zero attached hydrogens (tertiary/aromatic N) is 3. The van der Waals surface area contributed by atoms with E-state index in [1.807, 2.05) is 12.1 Å². The number of nitrogens with one attached hydrogen (secondary N) is 1. The smallest absolute Gasteiger partial charge is 0.249 e. The summed E-state index contributed by atoms with van der Waals surface area (Å²) in [6.45, 7) is 2.93. The molecule has 0 unspecified atom stereocenters. The molecule has 7 heteroatoms. The molecule has 2 aromatic rings. The van der Waals surface area contributed by atoms with E-state index in [2.05, 4.69) is 17.1 Å². The van der Waals surface area contributed by atoms with Gasteiger partial charge in [-0.15, -0.1) is 0 Å². The Morgan fingerprint density at radius 1 is 1.24 bits per heavy atom. The third kappa shape index (κ3) is 5.55. The number of likely N-dealkylation sites (tertiary alicyclic amines) is 1. The lowest BCUT2D eigenvalue weighted by Crippen LogP contribution is -2.35. The van der Waals surface area contributed by atoms with Gasteiger partial charge in [0.2, 0.25) is 11.7 Å². The Hall–Kier alpha value is -2.44. The van der Waals surface area contributed by atoms with Gasteiger partial charge in [-0.2, -0.15) is 4.98 Å². The zero-order valence-electron chi connectivity index (χ0n) is 17.3. The predicted octanol–water partition coefficient (Wildman–Crippen LogP) is 5.20. The first-order chi connectivity index (χ1) is 14.1. The topological polar surface area (TPSA) is 92.0 Å². The van der Waals surface area contributed by atoms with Crippen molar-refractivity contribution in [2.75, 3.05) is 6.54 Å². The summed E-state index contributed by atoms with van der Waals surface area (Å²) in [5.74, 6) is 0.594. The van der Waals surface area contributed by atoms with E-state index in [4.69, 9.17) is 15.7 Å². The standard InChI is InChI=1S/C22H32FN5O/c1-2-3-4-5-6-7-8-10-16-12-13-17(15-18(16)23)20-26-21(29-27-20)19-11-9-14-28(19)22(24)25/h12-13,15,19H,2-11,14H2,1H3,(H3,24,25)/t19-/m0/s1. The van der Waals surface area contributed by atoms with Crippen LogP contribution >= 0.6 is 0 Å². The number of aryl methyl sites for hydroxylation is 1. The summed E-state index contributed by atoms with van der Waals surface area (Å²) in [5.41, 5.74) is 6.98. The molecule has 0 bridgehead atoms. The van der Waals surface area contributed by atoms with Crippen molar-refractivity contribution in [1.29, 1.82) is 5.41 Å². The van der Waals surface area contributed by atoms with Crippen LogP contribution in [0.3, 0.4) is 0 Å². The molecule has 0 amide bonds. The number of hydrogen-bond acceptors (Lipinski definition) is 4. The van der Waals surface area contributed by atoms with E-state index in [-0.39, 0.29) is 17.8 Å². The molecule has 2 heterocycles. The van der Waals surface area contributed by atoms with Gasteiger partial charge in [-0.05, 0) is 37.3 Å². The molecule has 1 saturated heterocycles. The number of guanidine groups is 1. The molecule has 1 aliphatic rings. The number of benzene rings is 1. The highest BCUT2D eigenvalue weighted by Crippen LogP contribution is 2.31. The maximum absolute atomic E-state index is 14.5. The van der Waals surface area contributed by atoms with Gasteiger partial charge in [0.25, 0.3) is 0 Å². The van der Waals surface area contributed by atoms with Gasteiger partial charge in [-0.1, -0.05) is 62.7 Å². The lowest BCUT2D eigenvalue weighted by Gasteiger charge is -2.21. The molecule has 0 spiro atoms. The van der Waals surface area contributed by atoms with E-state index in [0.717, 1.165) is 37.7 Å². The van der Waals surface area contributed by atoms with Gasteiger partial charge in [0.15, 0.2) is 5.96 Å². The van der Waals surface area contributed by atoms with E-state index in [0.29, 0.717) is 23.8 Å². The van der Waals surface area contributed by atoms with Crippen molar-refractivity contribution in [3.8, 4) is 11.4 Å². The van der Waals surface area contributed by atoms with Crippen LogP contribution in [0.25, 0.3) is 11.4 Å². The largest absolute Gasteiger partial charge is 0.370 e. The SMILES string of the molecule is CCCCCCCCCc1ccc(-c2noc([C@@H]3CCCN3C(=N)N)n2)cc1F. The fraction of sp³-hybridized carbons (Fsp3) is 0.591. The van der Waals surface area contributed by atoms with Crippen LogP contribution < -0.4 is 5.73 Å². The minimum absolute atomic E-state index is 0.00742. The Morgan fingerprint density at radius 2 is 2.00 bits per heavy atom. The molecule has 1 atom stereocenters. The number of rotatable bonds is 10. The van der Waals surface area contributed by atoms with Crippen molar-refractivity contribution in [3.05, 3.63) is 35.5 Å². The lowest BCUT2D eigenvalue weighted by molar-refractivity contribution is 0.283. The fourth-order valence-corrected chi connectivity index (χ4v) is 3.96. The first-order valence-electron chi connectivity index (χ1n) is 10.8. The Labute approximate surface area is 172 Å². The van der Waals surface area contributed by atoms with Crippen LogP contribution in [0.15, 0.2) is 22.7 Å². The van der Waals surface area contributed by atoms with E-state index < -0.39 is 0 Å². The number of halogens is 1. The van der Waals surface area contributed by atoms with Gasteiger partial charge in [0.1, 0.15) is 11.9 Å². The number of unbranched alkanes of at least 4 members (excludes halogenated alkanes) is 6. The van der Waals surface area contributed by atoms with Crippen molar-refractivity contribution in [2.24, 2.45) is 5.73 Å². The normalized spacial score (nSPS) is 16.5. The Kier molecular flexibility index (Phi) is 7.61. The lowest BCUT2D eigenvalue weighted by atomic mass is 10.0. The molecule has 3 N–H and O–H groups in total. The van der Waals surface area contributed by atoms with Crippen molar-refractivity contribution in [2.45, 2.75) is 77.2 Å². The molecular formula is C22H32FN5O. The first kappa shape index (κ1) is 21.3. The van der Waals surface area contributed by atoms with Gasteiger partial charge in [0.05, 0.1) is 0 Å². The molecule has 29 heavy (non-hydrogen) atoms. The van der Waals surface area contributed by atoms with Crippen molar-refractivity contribution >= 4 is 5.96 Å². The van der Waals surface area contributed by atoms with E-state index in [1.165, 1.54) is 38.2 Å². The highest BCUT2D eigenvalue weighted by atomic mass is 19.1. The zero-order chi connectivity index (χ0) is 20.6.